The van der Waals surface area contributed by atoms with Crippen molar-refractivity contribution in [2.75, 3.05) is 0 Å². The maximum absolute atomic E-state index is 11.9. The molecule has 0 fully saturated rings. The molecule has 1 N–H and O–H groups in total. The second kappa shape index (κ2) is 4.53. The fraction of sp³-hybridized carbons (Fsp3) is 0. The molecule has 2 aliphatic rings. The van der Waals surface area contributed by atoms with Crippen molar-refractivity contribution in [1.29, 1.82) is 0 Å². The molecule has 2 aliphatic heterocycles. The van der Waals surface area contributed by atoms with E-state index in [1.54, 1.807) is 42.5 Å². The molecule has 23 heavy (non-hydrogen) atoms. The first-order valence-corrected chi connectivity index (χ1v) is 8.27. The van der Waals surface area contributed by atoms with Crippen LogP contribution >= 0.6 is 0 Å². The van der Waals surface area contributed by atoms with Crippen molar-refractivity contribution >= 4 is 9.84 Å². The first-order valence-electron chi connectivity index (χ1n) is 6.79. The van der Waals surface area contributed by atoms with Crippen LogP contribution in [0, 0.1) is 0 Å². The lowest BCUT2D eigenvalue weighted by Gasteiger charge is -2.19. The topological polar surface area (TPSA) is 89.0 Å². The molecule has 3 aromatic rings. The van der Waals surface area contributed by atoms with Crippen molar-refractivity contribution in [1.82, 2.24) is 9.55 Å². The summed E-state index contributed by atoms with van der Waals surface area (Å²) in [4.78, 5) is 25.7. The summed E-state index contributed by atoms with van der Waals surface area (Å²) in [5.41, 5.74) is 0.975. The Hall–Kier alpha value is -2.93. The quantitative estimate of drug-likeness (QED) is 0.602. The zero-order valence-corrected chi connectivity index (χ0v) is 12.5. The molecular weight excluding hydrogens is 316 g/mol. The van der Waals surface area contributed by atoms with E-state index in [9.17, 15) is 18.0 Å². The van der Waals surface area contributed by atoms with Gasteiger partial charge in [0.1, 0.15) is 0 Å². The number of fused-ring (bicyclic) bond motifs is 2. The molecule has 114 valence electrons. The molecule has 0 radical (unpaired) electrons. The average Bonchev–Trinajstić information content (AvgIpc) is 2.55. The van der Waals surface area contributed by atoms with E-state index in [4.69, 9.17) is 0 Å². The van der Waals surface area contributed by atoms with Gasteiger partial charge < -0.3 is 0 Å². The highest BCUT2D eigenvalue weighted by Crippen LogP contribution is 2.40. The predicted octanol–water partition coefficient (Wildman–Crippen LogP) is 1.34. The van der Waals surface area contributed by atoms with Crippen LogP contribution in [0.3, 0.4) is 0 Å². The monoisotopic (exact) mass is 326 g/mol. The fourth-order valence-electron chi connectivity index (χ4n) is 2.62. The van der Waals surface area contributed by atoms with Gasteiger partial charge in [-0.1, -0.05) is 18.2 Å². The van der Waals surface area contributed by atoms with Crippen molar-refractivity contribution in [2.24, 2.45) is 0 Å². The standard InChI is InChI=1S/C16H10N2O4S/c19-15-7-8-18(16(20)17-15)11-3-1-10(2-4-11)13-6-5-12-9-14(13)23(12,21)22/h1-9H,(H,17,19,20). The minimum absolute atomic E-state index is 0.323. The molecular formula is C16H10N2O4S. The van der Waals surface area contributed by atoms with Gasteiger partial charge in [0.15, 0.2) is 0 Å². The second-order valence-electron chi connectivity index (χ2n) is 5.19. The maximum atomic E-state index is 11.9. The molecule has 2 aromatic carbocycles. The van der Waals surface area contributed by atoms with Crippen molar-refractivity contribution in [3.05, 3.63) is 75.6 Å². The smallest absolute Gasteiger partial charge is 0.274 e. The fourth-order valence-corrected chi connectivity index (χ4v) is 3.97. The normalized spacial score (nSPS) is 14.3. The van der Waals surface area contributed by atoms with Crippen LogP contribution in [0.4, 0.5) is 0 Å². The summed E-state index contributed by atoms with van der Waals surface area (Å²) in [5.74, 6) is 0. The number of aromatic nitrogens is 2. The van der Waals surface area contributed by atoms with Crippen LogP contribution in [0.5, 0.6) is 0 Å². The van der Waals surface area contributed by atoms with Gasteiger partial charge in [-0.15, -0.1) is 0 Å². The van der Waals surface area contributed by atoms with Crippen molar-refractivity contribution in [2.45, 2.75) is 9.79 Å². The number of benzene rings is 2. The van der Waals surface area contributed by atoms with Crippen LogP contribution < -0.4 is 11.2 Å². The number of nitrogens with one attached hydrogen (secondary N) is 1. The molecule has 0 atom stereocenters. The number of hydrogen-bond donors (Lipinski definition) is 1. The van der Waals surface area contributed by atoms with Crippen LogP contribution in [0.15, 0.2) is 74.1 Å². The van der Waals surface area contributed by atoms with Gasteiger partial charge in [0.25, 0.3) is 5.56 Å². The number of hydrogen-bond acceptors (Lipinski definition) is 4. The summed E-state index contributed by atoms with van der Waals surface area (Å²) in [7, 11) is -3.28. The van der Waals surface area contributed by atoms with E-state index in [1.807, 2.05) is 0 Å². The van der Waals surface area contributed by atoms with Crippen molar-refractivity contribution < 1.29 is 8.42 Å². The summed E-state index contributed by atoms with van der Waals surface area (Å²) >= 11 is 0. The van der Waals surface area contributed by atoms with Crippen LogP contribution in [0.25, 0.3) is 16.8 Å². The Kier molecular flexibility index (Phi) is 2.70. The van der Waals surface area contributed by atoms with E-state index in [-0.39, 0.29) is 0 Å². The third-order valence-electron chi connectivity index (χ3n) is 3.83. The average molecular weight is 326 g/mol. The Morgan fingerprint density at radius 2 is 1.65 bits per heavy atom. The van der Waals surface area contributed by atoms with Crippen LogP contribution in [0.1, 0.15) is 0 Å². The summed E-state index contributed by atoms with van der Waals surface area (Å²) in [6.07, 6.45) is 1.39. The molecule has 7 heteroatoms. The Bertz CT molecular complexity index is 1150. The summed E-state index contributed by atoms with van der Waals surface area (Å²) in [6, 6.07) is 13.1. The summed E-state index contributed by atoms with van der Waals surface area (Å²) < 4.78 is 25.2. The van der Waals surface area contributed by atoms with Gasteiger partial charge in [-0.25, -0.2) is 13.2 Å². The summed E-state index contributed by atoms with van der Waals surface area (Å²) in [6.45, 7) is 0. The number of aromatic amines is 1. The minimum Gasteiger partial charge on any atom is -0.274 e. The molecule has 0 spiro atoms. The van der Waals surface area contributed by atoms with E-state index in [0.717, 1.165) is 5.56 Å². The van der Waals surface area contributed by atoms with E-state index in [1.165, 1.54) is 16.8 Å². The van der Waals surface area contributed by atoms with E-state index in [2.05, 4.69) is 4.98 Å². The lowest BCUT2D eigenvalue weighted by Crippen LogP contribution is -2.27. The van der Waals surface area contributed by atoms with Crippen molar-refractivity contribution in [3.63, 3.8) is 0 Å². The zero-order chi connectivity index (χ0) is 16.2. The number of sulfone groups is 1. The molecule has 0 aliphatic carbocycles. The Balaban J connectivity index is 1.79. The van der Waals surface area contributed by atoms with Gasteiger partial charge in [-0.3, -0.25) is 14.3 Å². The van der Waals surface area contributed by atoms with Gasteiger partial charge in [0.2, 0.25) is 9.84 Å². The van der Waals surface area contributed by atoms with Gasteiger partial charge in [0, 0.05) is 17.8 Å². The van der Waals surface area contributed by atoms with E-state index < -0.39 is 21.1 Å². The zero-order valence-electron chi connectivity index (χ0n) is 11.7. The lowest BCUT2D eigenvalue weighted by atomic mass is 10.0. The largest absolute Gasteiger partial charge is 0.332 e. The molecule has 0 saturated heterocycles. The predicted molar refractivity (Wildman–Crippen MR) is 83.5 cm³/mol. The van der Waals surface area contributed by atoms with Gasteiger partial charge in [0.05, 0.1) is 15.5 Å². The van der Waals surface area contributed by atoms with Gasteiger partial charge in [-0.2, -0.15) is 0 Å². The molecule has 0 saturated carbocycles. The molecule has 0 unspecified atom stereocenters. The van der Waals surface area contributed by atoms with Crippen LogP contribution in [-0.2, 0) is 9.84 Å². The number of nitrogens with zero attached hydrogens (tertiary/aromatic N) is 1. The van der Waals surface area contributed by atoms with Crippen LogP contribution in [0.2, 0.25) is 0 Å². The highest BCUT2D eigenvalue weighted by atomic mass is 32.2. The molecule has 2 bridgehead atoms. The molecule has 6 nitrogen and oxygen atoms in total. The second-order valence-corrected chi connectivity index (χ2v) is 7.11. The van der Waals surface area contributed by atoms with Gasteiger partial charge in [-0.05, 0) is 29.8 Å². The molecule has 5 rings (SSSR count). The maximum Gasteiger partial charge on any atom is 0.332 e. The number of H-pyrrole nitrogens is 1. The Morgan fingerprint density at radius 1 is 0.913 bits per heavy atom. The third kappa shape index (κ3) is 1.97. The van der Waals surface area contributed by atoms with Crippen molar-refractivity contribution in [3.8, 4) is 16.8 Å². The molecule has 1 aromatic heterocycles. The number of rotatable bonds is 2. The van der Waals surface area contributed by atoms with E-state index in [0.29, 0.717) is 21.0 Å². The third-order valence-corrected chi connectivity index (χ3v) is 5.62. The lowest BCUT2D eigenvalue weighted by molar-refractivity contribution is 0.589. The highest BCUT2D eigenvalue weighted by Gasteiger charge is 2.31. The van der Waals surface area contributed by atoms with Gasteiger partial charge >= 0.3 is 5.69 Å². The first-order chi connectivity index (χ1) is 11.0. The minimum atomic E-state index is -3.28. The van der Waals surface area contributed by atoms with Crippen LogP contribution in [-0.4, -0.2) is 18.0 Å². The SMILES string of the molecule is O=c1ccn(-c2ccc(-c3ccc4cc3S4(=O)=O)cc2)c(=O)[nH]1. The summed E-state index contributed by atoms with van der Waals surface area (Å²) in [5, 5.41) is 0. The Labute approximate surface area is 130 Å². The molecule has 0 amide bonds. The first kappa shape index (κ1) is 13.7. The molecule has 3 heterocycles. The Morgan fingerprint density at radius 3 is 2.26 bits per heavy atom. The highest BCUT2D eigenvalue weighted by molar-refractivity contribution is 7.92. The van der Waals surface area contributed by atoms with E-state index >= 15 is 0 Å².